The predicted octanol–water partition coefficient (Wildman–Crippen LogP) is 2.72. The number of carbonyl (C=O) groups excluding carboxylic acids is 1. The van der Waals surface area contributed by atoms with Crippen molar-refractivity contribution in [3.8, 4) is 5.75 Å². The first kappa shape index (κ1) is 17.4. The molecule has 0 spiro atoms. The summed E-state index contributed by atoms with van der Waals surface area (Å²) >= 11 is 0. The number of aromatic nitrogens is 3. The van der Waals surface area contributed by atoms with Crippen molar-refractivity contribution in [1.82, 2.24) is 19.9 Å². The lowest BCUT2D eigenvalue weighted by Crippen LogP contribution is -2.22. The molecule has 1 amide bonds. The van der Waals surface area contributed by atoms with Crippen molar-refractivity contribution < 1.29 is 9.53 Å². The molecule has 0 radical (unpaired) electrons. The molecular weight excluding hydrogens is 328 g/mol. The van der Waals surface area contributed by atoms with Gasteiger partial charge in [-0.1, -0.05) is 18.2 Å². The normalized spacial score (nSPS) is 10.8. The van der Waals surface area contributed by atoms with E-state index in [4.69, 9.17) is 4.74 Å². The zero-order chi connectivity index (χ0) is 18.2. The Morgan fingerprint density at radius 3 is 2.77 bits per heavy atom. The van der Waals surface area contributed by atoms with Crippen molar-refractivity contribution in [3.05, 3.63) is 84.2 Å². The topological polar surface area (TPSA) is 69.0 Å². The van der Waals surface area contributed by atoms with Gasteiger partial charge in [0.2, 0.25) is 5.91 Å². The predicted molar refractivity (Wildman–Crippen MR) is 99.1 cm³/mol. The Morgan fingerprint density at radius 1 is 1.23 bits per heavy atom. The molecule has 1 aromatic carbocycles. The van der Waals surface area contributed by atoms with E-state index < -0.39 is 0 Å². The Hall–Kier alpha value is -3.41. The number of nitrogens with zero attached hydrogens (tertiary/aromatic N) is 3. The fourth-order valence-corrected chi connectivity index (χ4v) is 2.29. The smallest absolute Gasteiger partial charge is 0.244 e. The van der Waals surface area contributed by atoms with Gasteiger partial charge in [0.05, 0.1) is 6.54 Å². The van der Waals surface area contributed by atoms with E-state index >= 15 is 0 Å². The second kappa shape index (κ2) is 8.62. The standard InChI is InChI=1S/C20H20N4O2/c1-24-12-11-22-19(24)14-23-20(25)9-6-16-4-7-18(8-5-16)26-15-17-3-2-10-21-13-17/h2-13H,14-15H2,1H3,(H,23,25)/b9-6+. The molecule has 3 rings (SSSR count). The van der Waals surface area contributed by atoms with Gasteiger partial charge in [-0.05, 0) is 29.8 Å². The summed E-state index contributed by atoms with van der Waals surface area (Å²) in [6, 6.07) is 11.4. The van der Waals surface area contributed by atoms with E-state index in [1.54, 1.807) is 24.7 Å². The second-order valence-electron chi connectivity index (χ2n) is 5.72. The SMILES string of the molecule is Cn1ccnc1CNC(=O)/C=C/c1ccc(OCc2cccnc2)cc1. The van der Waals surface area contributed by atoms with Gasteiger partial charge >= 0.3 is 0 Å². The third-order valence-corrected chi connectivity index (χ3v) is 3.78. The van der Waals surface area contributed by atoms with Gasteiger partial charge in [0.1, 0.15) is 18.2 Å². The van der Waals surface area contributed by atoms with Crippen molar-refractivity contribution in [2.24, 2.45) is 7.05 Å². The molecule has 1 N–H and O–H groups in total. The van der Waals surface area contributed by atoms with Gasteiger partial charge < -0.3 is 14.6 Å². The fraction of sp³-hybridized carbons (Fsp3) is 0.150. The molecule has 0 saturated carbocycles. The number of hydrogen-bond donors (Lipinski definition) is 1. The maximum Gasteiger partial charge on any atom is 0.244 e. The van der Waals surface area contributed by atoms with Crippen LogP contribution in [0.25, 0.3) is 6.08 Å². The minimum Gasteiger partial charge on any atom is -0.489 e. The zero-order valence-electron chi connectivity index (χ0n) is 14.5. The molecule has 2 aromatic heterocycles. The molecule has 3 aromatic rings. The van der Waals surface area contributed by atoms with Crippen LogP contribution in [0.4, 0.5) is 0 Å². The molecule has 0 atom stereocenters. The van der Waals surface area contributed by atoms with Crippen LogP contribution in [0.1, 0.15) is 17.0 Å². The maximum atomic E-state index is 11.9. The van der Waals surface area contributed by atoms with Gasteiger partial charge in [-0.15, -0.1) is 0 Å². The number of nitrogens with one attached hydrogen (secondary N) is 1. The first-order chi connectivity index (χ1) is 12.7. The number of hydrogen-bond acceptors (Lipinski definition) is 4. The molecule has 0 bridgehead atoms. The van der Waals surface area contributed by atoms with Crippen LogP contribution in [-0.4, -0.2) is 20.4 Å². The second-order valence-corrected chi connectivity index (χ2v) is 5.72. The molecule has 132 valence electrons. The summed E-state index contributed by atoms with van der Waals surface area (Å²) in [5.41, 5.74) is 1.94. The third kappa shape index (κ3) is 5.04. The Balaban J connectivity index is 1.48. The summed E-state index contributed by atoms with van der Waals surface area (Å²) in [5, 5.41) is 2.81. The number of imidazole rings is 1. The van der Waals surface area contributed by atoms with Crippen molar-refractivity contribution in [1.29, 1.82) is 0 Å². The number of pyridine rings is 1. The van der Waals surface area contributed by atoms with Crippen LogP contribution < -0.4 is 10.1 Å². The van der Waals surface area contributed by atoms with Gasteiger partial charge in [0, 0.05) is 43.5 Å². The van der Waals surface area contributed by atoms with Crippen molar-refractivity contribution in [2.75, 3.05) is 0 Å². The van der Waals surface area contributed by atoms with Crippen LogP contribution >= 0.6 is 0 Å². The molecule has 0 aliphatic rings. The monoisotopic (exact) mass is 348 g/mol. The molecule has 6 nitrogen and oxygen atoms in total. The summed E-state index contributed by atoms with van der Waals surface area (Å²) in [6.07, 6.45) is 10.3. The summed E-state index contributed by atoms with van der Waals surface area (Å²) in [6.45, 7) is 0.867. The molecular formula is C20H20N4O2. The highest BCUT2D eigenvalue weighted by molar-refractivity contribution is 5.91. The van der Waals surface area contributed by atoms with Crippen molar-refractivity contribution >= 4 is 12.0 Å². The minimum atomic E-state index is -0.162. The highest BCUT2D eigenvalue weighted by atomic mass is 16.5. The van der Waals surface area contributed by atoms with E-state index in [9.17, 15) is 4.79 Å². The number of carbonyl (C=O) groups is 1. The maximum absolute atomic E-state index is 11.9. The first-order valence-corrected chi connectivity index (χ1v) is 8.24. The van der Waals surface area contributed by atoms with Crippen LogP contribution in [0.15, 0.2) is 67.3 Å². The average molecular weight is 348 g/mol. The Bertz CT molecular complexity index is 870. The first-order valence-electron chi connectivity index (χ1n) is 8.24. The molecule has 0 aliphatic carbocycles. The Labute approximate surface area is 152 Å². The summed E-state index contributed by atoms with van der Waals surface area (Å²) < 4.78 is 7.58. The van der Waals surface area contributed by atoms with E-state index in [-0.39, 0.29) is 5.91 Å². The van der Waals surface area contributed by atoms with Crippen molar-refractivity contribution in [2.45, 2.75) is 13.2 Å². The van der Waals surface area contributed by atoms with Crippen LogP contribution in [0.3, 0.4) is 0 Å². The van der Waals surface area contributed by atoms with Crippen LogP contribution in [-0.2, 0) is 25.0 Å². The number of aryl methyl sites for hydroxylation is 1. The van der Waals surface area contributed by atoms with E-state index in [0.29, 0.717) is 13.2 Å². The Morgan fingerprint density at radius 2 is 2.08 bits per heavy atom. The van der Waals surface area contributed by atoms with Crippen molar-refractivity contribution in [3.63, 3.8) is 0 Å². The van der Waals surface area contributed by atoms with Gasteiger partial charge in [0.15, 0.2) is 0 Å². The number of benzene rings is 1. The highest BCUT2D eigenvalue weighted by Crippen LogP contribution is 2.14. The van der Waals surface area contributed by atoms with Gasteiger partial charge in [0.25, 0.3) is 0 Å². The van der Waals surface area contributed by atoms with E-state index in [1.807, 2.05) is 54.2 Å². The quantitative estimate of drug-likeness (QED) is 0.667. The van der Waals surface area contributed by atoms with E-state index in [0.717, 1.165) is 22.7 Å². The summed E-state index contributed by atoms with van der Waals surface area (Å²) in [5.74, 6) is 1.41. The lowest BCUT2D eigenvalue weighted by molar-refractivity contribution is -0.116. The minimum absolute atomic E-state index is 0.162. The molecule has 0 fully saturated rings. The van der Waals surface area contributed by atoms with Gasteiger partial charge in [-0.3, -0.25) is 9.78 Å². The van der Waals surface area contributed by atoms with Crippen LogP contribution in [0, 0.1) is 0 Å². The number of ether oxygens (including phenoxy) is 1. The molecule has 2 heterocycles. The molecule has 0 aliphatic heterocycles. The molecule has 26 heavy (non-hydrogen) atoms. The summed E-state index contributed by atoms with van der Waals surface area (Å²) in [7, 11) is 1.89. The van der Waals surface area contributed by atoms with Crippen LogP contribution in [0.2, 0.25) is 0 Å². The molecule has 0 unspecified atom stereocenters. The average Bonchev–Trinajstić information content (AvgIpc) is 3.09. The lowest BCUT2D eigenvalue weighted by Gasteiger charge is -2.06. The van der Waals surface area contributed by atoms with E-state index in [1.165, 1.54) is 6.08 Å². The summed E-state index contributed by atoms with van der Waals surface area (Å²) in [4.78, 5) is 20.1. The molecule has 0 saturated heterocycles. The lowest BCUT2D eigenvalue weighted by atomic mass is 10.2. The third-order valence-electron chi connectivity index (χ3n) is 3.78. The number of amides is 1. The highest BCUT2D eigenvalue weighted by Gasteiger charge is 2.01. The van der Waals surface area contributed by atoms with Gasteiger partial charge in [-0.25, -0.2) is 4.98 Å². The van der Waals surface area contributed by atoms with E-state index in [2.05, 4.69) is 15.3 Å². The fourth-order valence-electron chi connectivity index (χ4n) is 2.29. The molecule has 6 heteroatoms. The van der Waals surface area contributed by atoms with Crippen LogP contribution in [0.5, 0.6) is 5.75 Å². The van der Waals surface area contributed by atoms with Gasteiger partial charge in [-0.2, -0.15) is 0 Å². The number of rotatable bonds is 7. The zero-order valence-corrected chi connectivity index (χ0v) is 14.5. The largest absolute Gasteiger partial charge is 0.489 e. The Kier molecular flexibility index (Phi) is 5.77.